The molecule has 0 amide bonds. The molecule has 0 bridgehead atoms. The van der Waals surface area contributed by atoms with Crippen molar-refractivity contribution >= 4 is 5.69 Å². The van der Waals surface area contributed by atoms with E-state index in [-0.39, 0.29) is 0 Å². The van der Waals surface area contributed by atoms with Crippen molar-refractivity contribution in [2.45, 2.75) is 90.0 Å². The van der Waals surface area contributed by atoms with Gasteiger partial charge in [-0.3, -0.25) is 4.85 Å². The first kappa shape index (κ1) is 26.5. The summed E-state index contributed by atoms with van der Waals surface area (Å²) in [5.74, 6) is 0.567. The molecule has 2 atom stereocenters. The maximum absolute atomic E-state index is 9.19. The molecule has 0 aliphatic heterocycles. The maximum Gasteiger partial charge on any atom is 0.332 e. The van der Waals surface area contributed by atoms with Gasteiger partial charge >= 0.3 is 6.04 Å². The van der Waals surface area contributed by atoms with Gasteiger partial charge in [0, 0.05) is 12.2 Å². The molecule has 2 unspecified atom stereocenters. The zero-order valence-electron chi connectivity index (χ0n) is 20.4. The molecule has 0 spiro atoms. The highest BCUT2D eigenvalue weighted by Gasteiger charge is 2.15. The molecule has 0 fully saturated rings. The standard InChI is InChI=1S/C30H41N3/c1-3-4-5-6-7-8-9-10-11-13-19-27(22-26-17-14-12-15-18-26)25-33-29-21-16-20-28(23-29)30(24-31)32-2/h12,14-18,20-21,23,27,30,33H,3-11,13,19,22,25H2,1H3. The average Bonchev–Trinajstić information content (AvgIpc) is 2.85. The smallest absolute Gasteiger partial charge is 0.332 e. The average molecular weight is 444 g/mol. The Hall–Kier alpha value is -2.78. The highest BCUT2D eigenvalue weighted by molar-refractivity contribution is 5.48. The predicted octanol–water partition coefficient (Wildman–Crippen LogP) is 8.75. The third-order valence-corrected chi connectivity index (χ3v) is 6.38. The lowest BCUT2D eigenvalue weighted by molar-refractivity contribution is 0.463. The van der Waals surface area contributed by atoms with Gasteiger partial charge in [0.05, 0.1) is 5.56 Å². The monoisotopic (exact) mass is 443 g/mol. The van der Waals surface area contributed by atoms with Gasteiger partial charge in [0.25, 0.3) is 0 Å². The zero-order chi connectivity index (χ0) is 23.6. The molecule has 0 radical (unpaired) electrons. The first-order chi connectivity index (χ1) is 16.3. The lowest BCUT2D eigenvalue weighted by Gasteiger charge is -2.19. The molecule has 1 N–H and O–H groups in total. The van der Waals surface area contributed by atoms with Crippen molar-refractivity contribution < 1.29 is 0 Å². The Kier molecular flexibility index (Phi) is 13.5. The van der Waals surface area contributed by atoms with Crippen molar-refractivity contribution in [2.24, 2.45) is 5.92 Å². The number of benzene rings is 2. The van der Waals surface area contributed by atoms with Crippen molar-refractivity contribution in [3.05, 3.63) is 77.1 Å². The highest BCUT2D eigenvalue weighted by Crippen LogP contribution is 2.22. The summed E-state index contributed by atoms with van der Waals surface area (Å²) in [4.78, 5) is 3.42. The van der Waals surface area contributed by atoms with Crippen LogP contribution in [0.2, 0.25) is 0 Å². The van der Waals surface area contributed by atoms with Crippen LogP contribution in [-0.2, 0) is 6.42 Å². The quantitative estimate of drug-likeness (QED) is 0.196. The van der Waals surface area contributed by atoms with Crippen LogP contribution in [0.3, 0.4) is 0 Å². The number of unbranched alkanes of at least 4 members (excludes halogenated alkanes) is 9. The number of nitriles is 1. The number of anilines is 1. The first-order valence-corrected chi connectivity index (χ1v) is 12.9. The van der Waals surface area contributed by atoms with Gasteiger partial charge in [-0.25, -0.2) is 6.57 Å². The topological polar surface area (TPSA) is 40.2 Å². The molecule has 33 heavy (non-hydrogen) atoms. The van der Waals surface area contributed by atoms with Gasteiger partial charge in [0.1, 0.15) is 0 Å². The fourth-order valence-electron chi connectivity index (χ4n) is 4.40. The zero-order valence-corrected chi connectivity index (χ0v) is 20.4. The predicted molar refractivity (Wildman–Crippen MR) is 140 cm³/mol. The van der Waals surface area contributed by atoms with Crippen LogP contribution in [0.15, 0.2) is 54.6 Å². The molecule has 176 valence electrons. The van der Waals surface area contributed by atoms with Crippen LogP contribution in [0.5, 0.6) is 0 Å². The summed E-state index contributed by atoms with van der Waals surface area (Å²) >= 11 is 0. The summed E-state index contributed by atoms with van der Waals surface area (Å²) in [7, 11) is 0. The summed E-state index contributed by atoms with van der Waals surface area (Å²) in [6.45, 7) is 10.4. The van der Waals surface area contributed by atoms with E-state index in [4.69, 9.17) is 6.57 Å². The van der Waals surface area contributed by atoms with E-state index in [0.717, 1.165) is 24.2 Å². The minimum atomic E-state index is -0.724. The van der Waals surface area contributed by atoms with Gasteiger partial charge in [0.2, 0.25) is 0 Å². The van der Waals surface area contributed by atoms with Crippen LogP contribution < -0.4 is 5.32 Å². The van der Waals surface area contributed by atoms with Crippen LogP contribution in [0.1, 0.15) is 94.7 Å². The van der Waals surface area contributed by atoms with Crippen LogP contribution in [0, 0.1) is 23.8 Å². The third kappa shape index (κ3) is 11.1. The van der Waals surface area contributed by atoms with E-state index in [2.05, 4.69) is 53.5 Å². The fraction of sp³-hybridized carbons (Fsp3) is 0.533. The van der Waals surface area contributed by atoms with E-state index >= 15 is 0 Å². The number of hydrogen-bond donors (Lipinski definition) is 1. The van der Waals surface area contributed by atoms with Crippen molar-refractivity contribution in [2.75, 3.05) is 11.9 Å². The van der Waals surface area contributed by atoms with E-state index in [1.54, 1.807) is 0 Å². The van der Waals surface area contributed by atoms with E-state index in [0.29, 0.717) is 5.92 Å². The molecule has 0 aromatic heterocycles. The molecule has 0 aliphatic rings. The minimum Gasteiger partial charge on any atom is -0.385 e. The molecular weight excluding hydrogens is 402 g/mol. The van der Waals surface area contributed by atoms with E-state index in [1.807, 2.05) is 24.3 Å². The van der Waals surface area contributed by atoms with Crippen molar-refractivity contribution in [3.8, 4) is 6.07 Å². The molecule has 2 aromatic carbocycles. The maximum atomic E-state index is 9.19. The van der Waals surface area contributed by atoms with Gasteiger partial charge < -0.3 is 5.32 Å². The van der Waals surface area contributed by atoms with Crippen LogP contribution in [-0.4, -0.2) is 6.54 Å². The van der Waals surface area contributed by atoms with Crippen molar-refractivity contribution in [1.29, 1.82) is 5.26 Å². The Bertz CT molecular complexity index is 833. The Morgan fingerprint density at radius 1 is 0.879 bits per heavy atom. The molecule has 3 heteroatoms. The fourth-order valence-corrected chi connectivity index (χ4v) is 4.40. The molecule has 0 saturated carbocycles. The summed E-state index contributed by atoms with van der Waals surface area (Å²) in [6.07, 6.45) is 16.0. The van der Waals surface area contributed by atoms with E-state index in [1.165, 1.54) is 76.2 Å². The van der Waals surface area contributed by atoms with Gasteiger partial charge in [-0.15, -0.1) is 0 Å². The second kappa shape index (κ2) is 16.8. The summed E-state index contributed by atoms with van der Waals surface area (Å²) in [5, 5.41) is 12.8. The van der Waals surface area contributed by atoms with Gasteiger partial charge in [0.15, 0.2) is 6.07 Å². The van der Waals surface area contributed by atoms with Crippen LogP contribution in [0.4, 0.5) is 5.69 Å². The summed E-state index contributed by atoms with van der Waals surface area (Å²) < 4.78 is 0. The lowest BCUT2D eigenvalue weighted by Crippen LogP contribution is -2.17. The lowest BCUT2D eigenvalue weighted by atomic mass is 9.93. The Morgan fingerprint density at radius 2 is 1.55 bits per heavy atom. The molecule has 0 heterocycles. The number of nitrogens with one attached hydrogen (secondary N) is 1. The molecule has 0 aliphatic carbocycles. The number of rotatable bonds is 17. The Balaban J connectivity index is 1.79. The highest BCUT2D eigenvalue weighted by atomic mass is 14.9. The SMILES string of the molecule is [C-]#[N+]C(C#N)c1cccc(NCC(CCCCCCCCCCCC)Cc2ccccc2)c1. The third-order valence-electron chi connectivity index (χ3n) is 6.38. The van der Waals surface area contributed by atoms with Gasteiger partial charge in [-0.2, -0.15) is 5.26 Å². The summed E-state index contributed by atoms with van der Waals surface area (Å²) in [5.41, 5.74) is 3.16. The van der Waals surface area contributed by atoms with Crippen LogP contribution in [0.25, 0.3) is 4.85 Å². The molecule has 2 rings (SSSR count). The molecule has 3 nitrogen and oxygen atoms in total. The summed E-state index contributed by atoms with van der Waals surface area (Å²) in [6, 6.07) is 19.9. The molecule has 0 saturated heterocycles. The largest absolute Gasteiger partial charge is 0.385 e. The number of nitrogens with zero attached hydrogens (tertiary/aromatic N) is 2. The second-order valence-corrected chi connectivity index (χ2v) is 9.19. The second-order valence-electron chi connectivity index (χ2n) is 9.19. The first-order valence-electron chi connectivity index (χ1n) is 12.9. The Morgan fingerprint density at radius 3 is 2.18 bits per heavy atom. The Labute approximate surface area is 202 Å². The minimum absolute atomic E-state index is 0.567. The van der Waals surface area contributed by atoms with Gasteiger partial charge in [-0.05, 0) is 42.5 Å². The molecular formula is C30H41N3. The van der Waals surface area contributed by atoms with Crippen molar-refractivity contribution in [3.63, 3.8) is 0 Å². The van der Waals surface area contributed by atoms with E-state index in [9.17, 15) is 5.26 Å². The molecule has 2 aromatic rings. The van der Waals surface area contributed by atoms with Gasteiger partial charge in [-0.1, -0.05) is 108 Å². The normalized spacial score (nSPS) is 12.5. The van der Waals surface area contributed by atoms with Crippen molar-refractivity contribution in [1.82, 2.24) is 0 Å². The van der Waals surface area contributed by atoms with E-state index < -0.39 is 6.04 Å². The number of hydrogen-bond acceptors (Lipinski definition) is 2. The van der Waals surface area contributed by atoms with Crippen LogP contribution >= 0.6 is 0 Å².